The van der Waals surface area contributed by atoms with Gasteiger partial charge in [-0.2, -0.15) is 13.2 Å². The average Bonchev–Trinajstić information content (AvgIpc) is 3.16. The number of amides is 1. The van der Waals surface area contributed by atoms with Gasteiger partial charge in [0.1, 0.15) is 5.75 Å². The van der Waals surface area contributed by atoms with E-state index in [1.54, 1.807) is 0 Å². The molecule has 1 N–H and O–H groups in total. The Hall–Kier alpha value is -1.80. The van der Waals surface area contributed by atoms with E-state index in [0.29, 0.717) is 32.2 Å². The number of alkyl halides is 3. The van der Waals surface area contributed by atoms with E-state index < -0.39 is 11.7 Å². The molecular formula is C20H28F3N3O2. The number of carbonyl (C=O) groups is 1. The van der Waals surface area contributed by atoms with Crippen LogP contribution in [0.3, 0.4) is 0 Å². The van der Waals surface area contributed by atoms with Crippen LogP contribution in [0.4, 0.5) is 13.2 Å². The van der Waals surface area contributed by atoms with Gasteiger partial charge in [-0.3, -0.25) is 4.79 Å². The van der Waals surface area contributed by atoms with Gasteiger partial charge in [0.2, 0.25) is 5.91 Å². The summed E-state index contributed by atoms with van der Waals surface area (Å²) in [6, 6.07) is 5.32. The highest BCUT2D eigenvalue weighted by molar-refractivity contribution is 5.79. The molecule has 0 aromatic heterocycles. The molecule has 0 spiro atoms. The minimum Gasteiger partial charge on any atom is -0.493 e. The summed E-state index contributed by atoms with van der Waals surface area (Å²) in [7, 11) is 4.06. The highest BCUT2D eigenvalue weighted by Gasteiger charge is 2.35. The van der Waals surface area contributed by atoms with E-state index in [4.69, 9.17) is 4.74 Å². The molecule has 0 radical (unpaired) electrons. The lowest BCUT2D eigenvalue weighted by Crippen LogP contribution is -2.46. The molecule has 1 unspecified atom stereocenters. The Morgan fingerprint density at radius 1 is 1.32 bits per heavy atom. The molecule has 1 amide bonds. The Kier molecular flexibility index (Phi) is 6.50. The topological polar surface area (TPSA) is 44.8 Å². The molecule has 8 heteroatoms. The van der Waals surface area contributed by atoms with Crippen LogP contribution in [0, 0.1) is 11.8 Å². The van der Waals surface area contributed by atoms with Gasteiger partial charge in [0, 0.05) is 38.1 Å². The van der Waals surface area contributed by atoms with Crippen LogP contribution >= 0.6 is 0 Å². The van der Waals surface area contributed by atoms with Gasteiger partial charge < -0.3 is 19.9 Å². The smallest absolute Gasteiger partial charge is 0.416 e. The second-order valence-electron chi connectivity index (χ2n) is 7.98. The molecule has 156 valence electrons. The summed E-state index contributed by atoms with van der Waals surface area (Å²) in [6.07, 6.45) is -2.71. The van der Waals surface area contributed by atoms with E-state index in [2.05, 4.69) is 10.2 Å². The van der Waals surface area contributed by atoms with Crippen LogP contribution in [0.25, 0.3) is 0 Å². The van der Waals surface area contributed by atoms with Crippen molar-refractivity contribution in [3.05, 3.63) is 29.8 Å². The number of likely N-dealkylation sites (N-methyl/N-ethyl adjacent to an activating group) is 1. The molecule has 2 aliphatic heterocycles. The van der Waals surface area contributed by atoms with Crippen molar-refractivity contribution in [3.8, 4) is 5.75 Å². The maximum atomic E-state index is 12.8. The van der Waals surface area contributed by atoms with Crippen molar-refractivity contribution >= 4 is 5.91 Å². The van der Waals surface area contributed by atoms with Gasteiger partial charge in [0.05, 0.1) is 18.1 Å². The summed E-state index contributed by atoms with van der Waals surface area (Å²) in [5.74, 6) is 0.353. The maximum Gasteiger partial charge on any atom is 0.416 e. The average molecular weight is 399 g/mol. The van der Waals surface area contributed by atoms with E-state index in [0.717, 1.165) is 31.6 Å². The van der Waals surface area contributed by atoms with Crippen molar-refractivity contribution in [2.24, 2.45) is 11.8 Å². The van der Waals surface area contributed by atoms with Crippen LogP contribution in [0.15, 0.2) is 24.3 Å². The Morgan fingerprint density at radius 3 is 2.79 bits per heavy atom. The highest BCUT2D eigenvalue weighted by Crippen LogP contribution is 2.31. The molecule has 28 heavy (non-hydrogen) atoms. The monoisotopic (exact) mass is 399 g/mol. The summed E-state index contributed by atoms with van der Waals surface area (Å²) in [5, 5.41) is 3.28. The Balaban J connectivity index is 1.52. The highest BCUT2D eigenvalue weighted by atomic mass is 19.4. The number of hydrogen-bond acceptors (Lipinski definition) is 4. The van der Waals surface area contributed by atoms with E-state index in [-0.39, 0.29) is 23.5 Å². The lowest BCUT2D eigenvalue weighted by atomic mass is 9.90. The third kappa shape index (κ3) is 5.17. The van der Waals surface area contributed by atoms with Crippen LogP contribution in [0.2, 0.25) is 0 Å². The normalized spacial score (nSPS) is 25.9. The molecule has 3 rings (SSSR count). The van der Waals surface area contributed by atoms with Gasteiger partial charge in [0.25, 0.3) is 0 Å². The maximum absolute atomic E-state index is 12.8. The lowest BCUT2D eigenvalue weighted by Gasteiger charge is -2.32. The summed E-state index contributed by atoms with van der Waals surface area (Å²) < 4.78 is 44.1. The Bertz CT molecular complexity index is 681. The van der Waals surface area contributed by atoms with Gasteiger partial charge in [-0.25, -0.2) is 0 Å². The number of nitrogens with zero attached hydrogens (tertiary/aromatic N) is 2. The lowest BCUT2D eigenvalue weighted by molar-refractivity contribution is -0.138. The molecular weight excluding hydrogens is 371 g/mol. The Labute approximate surface area is 163 Å². The van der Waals surface area contributed by atoms with E-state index in [9.17, 15) is 18.0 Å². The van der Waals surface area contributed by atoms with Gasteiger partial charge in [0.15, 0.2) is 0 Å². The van der Waals surface area contributed by atoms with Gasteiger partial charge in [-0.05, 0) is 45.1 Å². The van der Waals surface area contributed by atoms with E-state index in [1.807, 2.05) is 19.0 Å². The minimum atomic E-state index is -4.39. The number of piperidine rings is 1. The van der Waals surface area contributed by atoms with Crippen LogP contribution in [0.5, 0.6) is 5.75 Å². The first-order chi connectivity index (χ1) is 13.2. The number of carbonyl (C=O) groups excluding carboxylic acids is 1. The number of hydrogen-bond donors (Lipinski definition) is 1. The number of halogens is 3. The SMILES string of the molecule is CN(C)C1CCN(C(=O)[C@H]2CNC[C@@H](COc3cccc(C(F)(F)F)c3)C2)C1. The van der Waals surface area contributed by atoms with Crippen molar-refractivity contribution in [1.29, 1.82) is 0 Å². The van der Waals surface area contributed by atoms with Crippen LogP contribution < -0.4 is 10.1 Å². The molecule has 2 heterocycles. The number of likely N-dealkylation sites (tertiary alicyclic amines) is 1. The molecule has 1 aromatic carbocycles. The Morgan fingerprint density at radius 2 is 2.11 bits per heavy atom. The largest absolute Gasteiger partial charge is 0.493 e. The molecule has 2 aliphatic rings. The first-order valence-corrected chi connectivity index (χ1v) is 9.70. The molecule has 2 fully saturated rings. The van der Waals surface area contributed by atoms with Gasteiger partial charge in [-0.1, -0.05) is 6.07 Å². The molecule has 0 bridgehead atoms. The fraction of sp³-hybridized carbons (Fsp3) is 0.650. The number of ether oxygens (including phenoxy) is 1. The third-order valence-electron chi connectivity index (χ3n) is 5.64. The number of benzene rings is 1. The quantitative estimate of drug-likeness (QED) is 0.826. The summed E-state index contributed by atoms with van der Waals surface area (Å²) in [5.41, 5.74) is -0.718. The van der Waals surface area contributed by atoms with E-state index in [1.165, 1.54) is 12.1 Å². The molecule has 1 aromatic rings. The number of rotatable bonds is 5. The van der Waals surface area contributed by atoms with Crippen molar-refractivity contribution in [2.75, 3.05) is 46.9 Å². The van der Waals surface area contributed by atoms with Crippen molar-refractivity contribution in [2.45, 2.75) is 25.1 Å². The molecule has 2 saturated heterocycles. The van der Waals surface area contributed by atoms with Crippen molar-refractivity contribution in [1.82, 2.24) is 15.1 Å². The zero-order valence-corrected chi connectivity index (χ0v) is 16.3. The first-order valence-electron chi connectivity index (χ1n) is 9.70. The van der Waals surface area contributed by atoms with Crippen molar-refractivity contribution in [3.63, 3.8) is 0 Å². The fourth-order valence-corrected chi connectivity index (χ4v) is 3.94. The van der Waals surface area contributed by atoms with Gasteiger partial charge >= 0.3 is 6.18 Å². The fourth-order valence-electron chi connectivity index (χ4n) is 3.94. The number of nitrogens with one attached hydrogen (secondary N) is 1. The molecule has 5 nitrogen and oxygen atoms in total. The zero-order chi connectivity index (χ0) is 20.3. The minimum absolute atomic E-state index is 0.0875. The summed E-state index contributed by atoms with van der Waals surface area (Å²) in [6.45, 7) is 3.17. The third-order valence-corrected chi connectivity index (χ3v) is 5.64. The summed E-state index contributed by atoms with van der Waals surface area (Å²) in [4.78, 5) is 16.9. The van der Waals surface area contributed by atoms with Gasteiger partial charge in [-0.15, -0.1) is 0 Å². The van der Waals surface area contributed by atoms with E-state index >= 15 is 0 Å². The predicted molar refractivity (Wildman–Crippen MR) is 100 cm³/mol. The van der Waals surface area contributed by atoms with Crippen LogP contribution in [-0.4, -0.2) is 68.6 Å². The second-order valence-corrected chi connectivity index (χ2v) is 7.98. The zero-order valence-electron chi connectivity index (χ0n) is 16.3. The first kappa shape index (κ1) is 20.9. The standard InChI is InChI=1S/C20H28F3N3O2/c1-25(2)17-6-7-26(12-17)19(27)15-8-14(10-24-11-15)13-28-18-5-3-4-16(9-18)20(21,22)23/h3-5,9,14-15,17,24H,6-8,10-13H2,1-2H3/t14-,15+,17?/m0/s1. The molecule has 0 aliphatic carbocycles. The van der Waals surface area contributed by atoms with Crippen LogP contribution in [0.1, 0.15) is 18.4 Å². The summed E-state index contributed by atoms with van der Waals surface area (Å²) >= 11 is 0. The molecule has 0 saturated carbocycles. The molecule has 3 atom stereocenters. The van der Waals surface area contributed by atoms with Crippen molar-refractivity contribution < 1.29 is 22.7 Å². The predicted octanol–water partition coefficient (Wildman–Crippen LogP) is 2.47. The second kappa shape index (κ2) is 8.69. The van der Waals surface area contributed by atoms with Crippen LogP contribution in [-0.2, 0) is 11.0 Å².